The molecule has 0 unspecified atom stereocenters. The zero-order chi connectivity index (χ0) is 15.1. The van der Waals surface area contributed by atoms with E-state index in [1.165, 1.54) is 24.0 Å². The molecule has 22 heavy (non-hydrogen) atoms. The van der Waals surface area contributed by atoms with Gasteiger partial charge in [-0.3, -0.25) is 4.79 Å². The molecule has 2 aromatic rings. The molecule has 1 saturated carbocycles. The molecule has 1 aliphatic heterocycles. The summed E-state index contributed by atoms with van der Waals surface area (Å²) in [5, 5.41) is 9.50. The van der Waals surface area contributed by atoms with Crippen LogP contribution in [0.15, 0.2) is 42.5 Å². The molecule has 112 valence electrons. The van der Waals surface area contributed by atoms with Crippen molar-refractivity contribution in [3.63, 3.8) is 0 Å². The molecule has 3 nitrogen and oxygen atoms in total. The van der Waals surface area contributed by atoms with Gasteiger partial charge in [0.2, 0.25) is 0 Å². The van der Waals surface area contributed by atoms with Gasteiger partial charge in [-0.05, 0) is 48.4 Å². The first-order valence-corrected chi connectivity index (χ1v) is 7.91. The molecular weight excluding hydrogens is 274 g/mol. The van der Waals surface area contributed by atoms with Crippen LogP contribution < -0.4 is 4.90 Å². The fraction of sp³-hybridized carbons (Fsp3) is 0.316. The molecule has 0 spiro atoms. The summed E-state index contributed by atoms with van der Waals surface area (Å²) in [6.07, 6.45) is 3.44. The van der Waals surface area contributed by atoms with E-state index in [9.17, 15) is 9.90 Å². The summed E-state index contributed by atoms with van der Waals surface area (Å²) < 4.78 is 0. The molecule has 3 heteroatoms. The Balaban J connectivity index is 1.69. The normalized spacial score (nSPS) is 17.5. The minimum absolute atomic E-state index is 0.0458. The van der Waals surface area contributed by atoms with Gasteiger partial charge in [0, 0.05) is 23.4 Å². The van der Waals surface area contributed by atoms with Crippen molar-refractivity contribution in [3.8, 4) is 0 Å². The van der Waals surface area contributed by atoms with Crippen LogP contribution in [0.4, 0.5) is 5.69 Å². The van der Waals surface area contributed by atoms with E-state index in [4.69, 9.17) is 0 Å². The Morgan fingerprint density at radius 2 is 1.95 bits per heavy atom. The fourth-order valence-electron chi connectivity index (χ4n) is 3.32. The molecule has 4 rings (SSSR count). The maximum absolute atomic E-state index is 12.8. The second-order valence-corrected chi connectivity index (χ2v) is 6.18. The van der Waals surface area contributed by atoms with Crippen molar-refractivity contribution < 1.29 is 9.90 Å². The van der Waals surface area contributed by atoms with E-state index in [2.05, 4.69) is 12.1 Å². The Bertz CT molecular complexity index is 734. The van der Waals surface area contributed by atoms with E-state index in [1.807, 2.05) is 30.3 Å². The van der Waals surface area contributed by atoms with E-state index in [0.717, 1.165) is 23.2 Å². The highest BCUT2D eigenvalue weighted by molar-refractivity contribution is 6.08. The van der Waals surface area contributed by atoms with Crippen LogP contribution in [0.2, 0.25) is 0 Å². The van der Waals surface area contributed by atoms with Gasteiger partial charge in [0.15, 0.2) is 0 Å². The summed E-state index contributed by atoms with van der Waals surface area (Å²) in [6.45, 7) is 0.629. The van der Waals surface area contributed by atoms with Gasteiger partial charge < -0.3 is 10.0 Å². The number of benzene rings is 2. The number of aliphatic hydroxyl groups excluding tert-OH is 1. The first-order chi connectivity index (χ1) is 10.8. The molecule has 1 heterocycles. The van der Waals surface area contributed by atoms with Crippen LogP contribution >= 0.6 is 0 Å². The molecular formula is C19H19NO2. The predicted molar refractivity (Wildman–Crippen MR) is 86.2 cm³/mol. The summed E-state index contributed by atoms with van der Waals surface area (Å²) in [5.74, 6) is 0.762. The number of para-hydroxylation sites is 1. The van der Waals surface area contributed by atoms with E-state index in [-0.39, 0.29) is 12.5 Å². The third-order valence-electron chi connectivity index (χ3n) is 4.71. The van der Waals surface area contributed by atoms with Crippen molar-refractivity contribution in [2.24, 2.45) is 0 Å². The summed E-state index contributed by atoms with van der Waals surface area (Å²) in [4.78, 5) is 14.6. The van der Waals surface area contributed by atoms with Crippen molar-refractivity contribution in [3.05, 3.63) is 64.7 Å². The average Bonchev–Trinajstić information content (AvgIpc) is 3.40. The molecule has 0 saturated heterocycles. The number of rotatable bonds is 3. The van der Waals surface area contributed by atoms with Crippen LogP contribution in [0, 0.1) is 0 Å². The zero-order valence-electron chi connectivity index (χ0n) is 12.5. The van der Waals surface area contributed by atoms with Gasteiger partial charge in [0.1, 0.15) is 0 Å². The number of carbonyl (C=O) groups is 1. The van der Waals surface area contributed by atoms with Crippen molar-refractivity contribution in [2.45, 2.75) is 31.8 Å². The third kappa shape index (κ3) is 2.22. The van der Waals surface area contributed by atoms with Gasteiger partial charge in [0.25, 0.3) is 5.91 Å². The van der Waals surface area contributed by atoms with E-state index >= 15 is 0 Å². The van der Waals surface area contributed by atoms with Crippen LogP contribution in [-0.4, -0.2) is 17.6 Å². The topological polar surface area (TPSA) is 40.5 Å². The van der Waals surface area contributed by atoms with E-state index < -0.39 is 0 Å². The lowest BCUT2D eigenvalue weighted by molar-refractivity contribution is 0.0980. The average molecular weight is 293 g/mol. The second-order valence-electron chi connectivity index (χ2n) is 6.18. The number of hydrogen-bond acceptors (Lipinski definition) is 2. The van der Waals surface area contributed by atoms with Gasteiger partial charge in [-0.1, -0.05) is 30.3 Å². The minimum Gasteiger partial charge on any atom is -0.392 e. The molecule has 1 aliphatic carbocycles. The van der Waals surface area contributed by atoms with Crippen LogP contribution in [0.5, 0.6) is 0 Å². The maximum atomic E-state index is 12.8. The fourth-order valence-corrected chi connectivity index (χ4v) is 3.32. The standard InChI is InChI=1S/C19H19NO2/c21-12-16-3-1-2-4-18(16)20-10-9-15-11-14(13-5-6-13)7-8-17(15)19(20)22/h1-4,7-8,11,13,21H,5-6,9-10,12H2. The number of fused-ring (bicyclic) bond motifs is 1. The second kappa shape index (κ2) is 5.25. The molecule has 0 radical (unpaired) electrons. The highest BCUT2D eigenvalue weighted by atomic mass is 16.3. The highest BCUT2D eigenvalue weighted by Crippen LogP contribution is 2.41. The Labute approximate surface area is 130 Å². The number of carbonyl (C=O) groups excluding carboxylic acids is 1. The SMILES string of the molecule is O=C1c2ccc(C3CC3)cc2CCN1c1ccccc1CO. The largest absolute Gasteiger partial charge is 0.392 e. The van der Waals surface area contributed by atoms with Crippen molar-refractivity contribution in [1.82, 2.24) is 0 Å². The highest BCUT2D eigenvalue weighted by Gasteiger charge is 2.29. The number of anilines is 1. The van der Waals surface area contributed by atoms with Gasteiger partial charge in [0.05, 0.1) is 6.61 Å². The van der Waals surface area contributed by atoms with E-state index in [0.29, 0.717) is 12.5 Å². The van der Waals surface area contributed by atoms with Crippen molar-refractivity contribution in [1.29, 1.82) is 0 Å². The Morgan fingerprint density at radius 1 is 1.14 bits per heavy atom. The molecule has 0 aromatic heterocycles. The van der Waals surface area contributed by atoms with Crippen LogP contribution in [0.1, 0.15) is 45.8 Å². The zero-order valence-corrected chi connectivity index (χ0v) is 12.5. The summed E-state index contributed by atoms with van der Waals surface area (Å²) in [7, 11) is 0. The van der Waals surface area contributed by atoms with Crippen molar-refractivity contribution >= 4 is 11.6 Å². The number of nitrogens with zero attached hydrogens (tertiary/aromatic N) is 1. The Kier molecular flexibility index (Phi) is 3.23. The van der Waals surface area contributed by atoms with Gasteiger partial charge in [-0.2, -0.15) is 0 Å². The molecule has 0 bridgehead atoms. The first kappa shape index (κ1) is 13.5. The summed E-state index contributed by atoms with van der Waals surface area (Å²) in [6, 6.07) is 13.9. The molecule has 1 N–H and O–H groups in total. The van der Waals surface area contributed by atoms with Crippen LogP contribution in [-0.2, 0) is 13.0 Å². The molecule has 0 atom stereocenters. The van der Waals surface area contributed by atoms with Gasteiger partial charge in [-0.15, -0.1) is 0 Å². The van der Waals surface area contributed by atoms with Crippen LogP contribution in [0.3, 0.4) is 0 Å². The lowest BCUT2D eigenvalue weighted by atomic mass is 9.94. The summed E-state index contributed by atoms with van der Waals surface area (Å²) >= 11 is 0. The quantitative estimate of drug-likeness (QED) is 0.943. The Hall–Kier alpha value is -2.13. The van der Waals surface area contributed by atoms with Gasteiger partial charge >= 0.3 is 0 Å². The lowest BCUT2D eigenvalue weighted by Gasteiger charge is -2.30. The number of amides is 1. The first-order valence-electron chi connectivity index (χ1n) is 7.91. The third-order valence-corrected chi connectivity index (χ3v) is 4.71. The van der Waals surface area contributed by atoms with Gasteiger partial charge in [-0.25, -0.2) is 0 Å². The van der Waals surface area contributed by atoms with Crippen LogP contribution in [0.25, 0.3) is 0 Å². The molecule has 1 fully saturated rings. The maximum Gasteiger partial charge on any atom is 0.258 e. The number of hydrogen-bond donors (Lipinski definition) is 1. The molecule has 2 aliphatic rings. The molecule has 2 aromatic carbocycles. The lowest BCUT2D eigenvalue weighted by Crippen LogP contribution is -2.38. The monoisotopic (exact) mass is 293 g/mol. The minimum atomic E-state index is -0.0482. The Morgan fingerprint density at radius 3 is 2.73 bits per heavy atom. The molecule has 1 amide bonds. The smallest absolute Gasteiger partial charge is 0.258 e. The number of aliphatic hydroxyl groups is 1. The summed E-state index contributed by atoms with van der Waals surface area (Å²) in [5.41, 5.74) is 4.99. The van der Waals surface area contributed by atoms with E-state index in [1.54, 1.807) is 4.90 Å². The van der Waals surface area contributed by atoms with Crippen molar-refractivity contribution in [2.75, 3.05) is 11.4 Å². The predicted octanol–water partition coefficient (Wildman–Crippen LogP) is 3.26.